The van der Waals surface area contributed by atoms with Crippen LogP contribution in [0.5, 0.6) is 0 Å². The lowest BCUT2D eigenvalue weighted by Crippen LogP contribution is -2.50. The van der Waals surface area contributed by atoms with Crippen LogP contribution in [-0.2, 0) is 0 Å². The molecule has 0 radical (unpaired) electrons. The number of rotatable bonds is 6. The monoisotopic (exact) mass is 296 g/mol. The number of piperidine rings is 1. The molecule has 1 aliphatic carbocycles. The molecule has 2 atom stereocenters. The highest BCUT2D eigenvalue weighted by molar-refractivity contribution is 4.89. The number of aliphatic hydroxyl groups is 1. The third-order valence-corrected chi connectivity index (χ3v) is 5.75. The largest absolute Gasteiger partial charge is 0.389 e. The van der Waals surface area contributed by atoms with Crippen LogP contribution in [-0.4, -0.2) is 47.8 Å². The number of hydrogen-bond acceptors (Lipinski definition) is 3. The van der Waals surface area contributed by atoms with Gasteiger partial charge in [0.25, 0.3) is 0 Å². The number of likely N-dealkylation sites (tertiary alicyclic amines) is 1. The first-order valence-corrected chi connectivity index (χ1v) is 9.20. The Morgan fingerprint density at radius 1 is 1.29 bits per heavy atom. The molecule has 2 unspecified atom stereocenters. The zero-order chi connectivity index (χ0) is 15.3. The molecule has 1 aliphatic heterocycles. The van der Waals surface area contributed by atoms with Gasteiger partial charge in [-0.15, -0.1) is 0 Å². The molecule has 2 fully saturated rings. The molecule has 0 spiro atoms. The summed E-state index contributed by atoms with van der Waals surface area (Å²) >= 11 is 0. The summed E-state index contributed by atoms with van der Waals surface area (Å²) in [6.07, 6.45) is 8.23. The second-order valence-corrected chi connectivity index (χ2v) is 7.78. The lowest BCUT2D eigenvalue weighted by atomic mass is 9.79. The molecule has 0 aromatic heterocycles. The Balaban J connectivity index is 1.74. The van der Waals surface area contributed by atoms with Gasteiger partial charge in [-0.1, -0.05) is 13.8 Å². The van der Waals surface area contributed by atoms with Crippen molar-refractivity contribution in [3.05, 3.63) is 0 Å². The quantitative estimate of drug-likeness (QED) is 0.791. The number of nitrogens with one attached hydrogen (secondary N) is 1. The Hall–Kier alpha value is -0.120. The van der Waals surface area contributed by atoms with Gasteiger partial charge < -0.3 is 15.3 Å². The van der Waals surface area contributed by atoms with Crippen molar-refractivity contribution in [2.75, 3.05) is 26.2 Å². The van der Waals surface area contributed by atoms with Gasteiger partial charge in [-0.05, 0) is 76.8 Å². The van der Waals surface area contributed by atoms with Gasteiger partial charge in [0.2, 0.25) is 0 Å². The first-order valence-electron chi connectivity index (χ1n) is 9.20. The average molecular weight is 296 g/mol. The van der Waals surface area contributed by atoms with Gasteiger partial charge in [-0.25, -0.2) is 0 Å². The molecule has 3 nitrogen and oxygen atoms in total. The molecule has 124 valence electrons. The summed E-state index contributed by atoms with van der Waals surface area (Å²) in [7, 11) is 0. The van der Waals surface area contributed by atoms with Gasteiger partial charge in [-0.3, -0.25) is 0 Å². The lowest BCUT2D eigenvalue weighted by Gasteiger charge is -2.39. The molecule has 1 saturated carbocycles. The molecular weight excluding hydrogens is 260 g/mol. The van der Waals surface area contributed by atoms with Crippen LogP contribution in [0, 0.1) is 11.8 Å². The van der Waals surface area contributed by atoms with Crippen LogP contribution in [0.4, 0.5) is 0 Å². The van der Waals surface area contributed by atoms with E-state index in [4.69, 9.17) is 0 Å². The van der Waals surface area contributed by atoms with Crippen LogP contribution in [0.15, 0.2) is 0 Å². The van der Waals surface area contributed by atoms with E-state index in [-0.39, 0.29) is 0 Å². The van der Waals surface area contributed by atoms with Crippen molar-refractivity contribution in [2.24, 2.45) is 11.8 Å². The van der Waals surface area contributed by atoms with Crippen LogP contribution in [0.1, 0.15) is 65.7 Å². The fourth-order valence-corrected chi connectivity index (χ4v) is 4.01. The Bertz CT molecular complexity index is 298. The Labute approximate surface area is 131 Å². The topological polar surface area (TPSA) is 35.5 Å². The predicted molar refractivity (Wildman–Crippen MR) is 89.5 cm³/mol. The molecule has 2 rings (SSSR count). The van der Waals surface area contributed by atoms with Crippen molar-refractivity contribution in [3.63, 3.8) is 0 Å². The lowest BCUT2D eigenvalue weighted by molar-refractivity contribution is -0.0103. The Morgan fingerprint density at radius 2 is 2.00 bits per heavy atom. The van der Waals surface area contributed by atoms with Crippen LogP contribution >= 0.6 is 0 Å². The fourth-order valence-electron chi connectivity index (χ4n) is 4.01. The second-order valence-electron chi connectivity index (χ2n) is 7.78. The molecule has 0 aromatic rings. The van der Waals surface area contributed by atoms with Gasteiger partial charge >= 0.3 is 0 Å². The van der Waals surface area contributed by atoms with Crippen molar-refractivity contribution in [2.45, 2.75) is 77.4 Å². The summed E-state index contributed by atoms with van der Waals surface area (Å²) in [6, 6.07) is 0.521. The molecule has 3 heteroatoms. The maximum absolute atomic E-state index is 10.7. The summed E-state index contributed by atoms with van der Waals surface area (Å²) in [4.78, 5) is 2.61. The Morgan fingerprint density at radius 3 is 2.67 bits per heavy atom. The van der Waals surface area contributed by atoms with E-state index in [1.807, 2.05) is 0 Å². The minimum atomic E-state index is -0.446. The maximum atomic E-state index is 10.7. The van der Waals surface area contributed by atoms with Crippen LogP contribution in [0.3, 0.4) is 0 Å². The first-order chi connectivity index (χ1) is 10.0. The van der Waals surface area contributed by atoms with Crippen molar-refractivity contribution >= 4 is 0 Å². The second kappa shape index (κ2) is 7.94. The smallest absolute Gasteiger partial charge is 0.0771 e. The van der Waals surface area contributed by atoms with Gasteiger partial charge in [-0.2, -0.15) is 0 Å². The van der Waals surface area contributed by atoms with Gasteiger partial charge in [0, 0.05) is 19.1 Å². The predicted octanol–water partition coefficient (Wildman–Crippen LogP) is 3.03. The molecule has 1 heterocycles. The average Bonchev–Trinajstić information content (AvgIpc) is 2.49. The maximum Gasteiger partial charge on any atom is 0.0771 e. The normalized spacial score (nSPS) is 36.6. The van der Waals surface area contributed by atoms with E-state index < -0.39 is 5.60 Å². The van der Waals surface area contributed by atoms with Gasteiger partial charge in [0.1, 0.15) is 0 Å². The third kappa shape index (κ3) is 5.22. The molecule has 21 heavy (non-hydrogen) atoms. The zero-order valence-corrected chi connectivity index (χ0v) is 14.4. The summed E-state index contributed by atoms with van der Waals surface area (Å²) < 4.78 is 0. The molecule has 0 bridgehead atoms. The van der Waals surface area contributed by atoms with E-state index in [9.17, 15) is 5.11 Å². The third-order valence-electron chi connectivity index (χ3n) is 5.75. The molecule has 1 saturated heterocycles. The molecule has 0 amide bonds. The van der Waals surface area contributed by atoms with E-state index in [1.54, 1.807) is 0 Å². The molecule has 2 aliphatic rings. The van der Waals surface area contributed by atoms with E-state index in [0.29, 0.717) is 6.04 Å². The number of hydrogen-bond donors (Lipinski definition) is 2. The number of nitrogens with zero attached hydrogens (tertiary/aromatic N) is 1. The van der Waals surface area contributed by atoms with E-state index in [1.165, 1.54) is 51.7 Å². The van der Waals surface area contributed by atoms with Crippen molar-refractivity contribution in [1.29, 1.82) is 0 Å². The minimum absolute atomic E-state index is 0.446. The van der Waals surface area contributed by atoms with E-state index in [0.717, 1.165) is 31.2 Å². The standard InChI is InChI=1S/C18H36N2O/c1-4-11-20-12-5-6-17(13-20)16(3)19-14-18(21)9-7-15(2)8-10-18/h15-17,19,21H,4-14H2,1-3H3. The summed E-state index contributed by atoms with van der Waals surface area (Å²) in [5.41, 5.74) is -0.446. The summed E-state index contributed by atoms with van der Waals surface area (Å²) in [5.74, 6) is 1.54. The highest BCUT2D eigenvalue weighted by atomic mass is 16.3. The molecular formula is C18H36N2O. The minimum Gasteiger partial charge on any atom is -0.389 e. The first kappa shape index (κ1) is 17.2. The SMILES string of the molecule is CCCN1CCCC(C(C)NCC2(O)CCC(C)CC2)C1. The summed E-state index contributed by atoms with van der Waals surface area (Å²) in [6.45, 7) is 11.4. The molecule has 2 N–H and O–H groups in total. The van der Waals surface area contributed by atoms with E-state index >= 15 is 0 Å². The highest BCUT2D eigenvalue weighted by Gasteiger charge is 2.33. The van der Waals surface area contributed by atoms with Crippen molar-refractivity contribution < 1.29 is 5.11 Å². The molecule has 0 aromatic carbocycles. The zero-order valence-electron chi connectivity index (χ0n) is 14.4. The summed E-state index contributed by atoms with van der Waals surface area (Å²) in [5, 5.41) is 14.4. The van der Waals surface area contributed by atoms with Gasteiger partial charge in [0.05, 0.1) is 5.60 Å². The van der Waals surface area contributed by atoms with Crippen LogP contribution < -0.4 is 5.32 Å². The highest BCUT2D eigenvalue weighted by Crippen LogP contribution is 2.31. The van der Waals surface area contributed by atoms with Crippen LogP contribution in [0.25, 0.3) is 0 Å². The Kier molecular flexibility index (Phi) is 6.51. The fraction of sp³-hybridized carbons (Fsp3) is 1.00. The van der Waals surface area contributed by atoms with Crippen molar-refractivity contribution in [3.8, 4) is 0 Å². The van der Waals surface area contributed by atoms with Gasteiger partial charge in [0.15, 0.2) is 0 Å². The van der Waals surface area contributed by atoms with Crippen molar-refractivity contribution in [1.82, 2.24) is 10.2 Å². The van der Waals surface area contributed by atoms with Crippen LogP contribution in [0.2, 0.25) is 0 Å². The van der Waals surface area contributed by atoms with E-state index in [2.05, 4.69) is 31.0 Å².